The molecule has 0 aliphatic carbocycles. The Bertz CT molecular complexity index is 427. The van der Waals surface area contributed by atoms with Crippen molar-refractivity contribution >= 4 is 11.6 Å². The summed E-state index contributed by atoms with van der Waals surface area (Å²) in [6.45, 7) is 8.21. The molecule has 1 rings (SSSR count). The highest BCUT2D eigenvalue weighted by molar-refractivity contribution is 6.31. The predicted octanol–water partition coefficient (Wildman–Crippen LogP) is 4.72. The van der Waals surface area contributed by atoms with E-state index in [0.29, 0.717) is 6.42 Å². The normalized spacial score (nSPS) is 15.6. The van der Waals surface area contributed by atoms with E-state index in [2.05, 4.69) is 20.8 Å². The summed E-state index contributed by atoms with van der Waals surface area (Å²) in [5.74, 6) is -1.77. The van der Waals surface area contributed by atoms with Crippen molar-refractivity contribution in [1.29, 1.82) is 0 Å². The number of aliphatic hydroxyl groups is 1. The van der Waals surface area contributed by atoms with Gasteiger partial charge >= 0.3 is 0 Å². The summed E-state index contributed by atoms with van der Waals surface area (Å²) < 4.78 is 26.1. The number of hydrogen-bond acceptors (Lipinski definition) is 1. The zero-order chi connectivity index (χ0) is 14.1. The fourth-order valence-electron chi connectivity index (χ4n) is 1.61. The Hall–Kier alpha value is -0.670. The fraction of sp³-hybridized carbons (Fsp3) is 0.571. The molecule has 102 valence electrons. The first-order chi connectivity index (χ1) is 8.12. The van der Waals surface area contributed by atoms with Crippen molar-refractivity contribution in [3.8, 4) is 0 Å². The van der Waals surface area contributed by atoms with E-state index in [0.717, 1.165) is 12.1 Å². The van der Waals surface area contributed by atoms with Crippen LogP contribution in [0.15, 0.2) is 12.1 Å². The molecule has 0 bridgehead atoms. The molecule has 0 saturated carbocycles. The maximum absolute atomic E-state index is 13.1. The topological polar surface area (TPSA) is 20.2 Å². The van der Waals surface area contributed by atoms with E-state index in [1.54, 1.807) is 0 Å². The molecule has 1 N–H and O–H groups in total. The summed E-state index contributed by atoms with van der Waals surface area (Å²) in [6.07, 6.45) is -0.435. The molecule has 1 nitrogen and oxygen atoms in total. The first kappa shape index (κ1) is 15.4. The van der Waals surface area contributed by atoms with Gasteiger partial charge in [0, 0.05) is 10.6 Å². The summed E-state index contributed by atoms with van der Waals surface area (Å²) in [7, 11) is 0. The third kappa shape index (κ3) is 3.66. The van der Waals surface area contributed by atoms with E-state index >= 15 is 0 Å². The average molecular weight is 277 g/mol. The predicted molar refractivity (Wildman–Crippen MR) is 69.6 cm³/mol. The van der Waals surface area contributed by atoms with Crippen LogP contribution in [-0.4, -0.2) is 5.11 Å². The standard InChI is InChI=1S/C14H19ClF2O/c1-8(14(2,3)4)5-13(18)9-6-11(16)12(17)7-10(9)15/h6-8,13,18H,5H2,1-4H3. The van der Waals surface area contributed by atoms with E-state index in [1.165, 1.54) is 0 Å². The first-order valence-corrected chi connectivity index (χ1v) is 6.33. The number of aliphatic hydroxyl groups excluding tert-OH is 1. The summed E-state index contributed by atoms with van der Waals surface area (Å²) in [5.41, 5.74) is 0.276. The Morgan fingerprint density at radius 2 is 1.72 bits per heavy atom. The van der Waals surface area contributed by atoms with E-state index in [9.17, 15) is 13.9 Å². The largest absolute Gasteiger partial charge is 0.388 e. The molecular weight excluding hydrogens is 258 g/mol. The van der Waals surface area contributed by atoms with Crippen molar-refractivity contribution in [2.45, 2.75) is 40.2 Å². The Morgan fingerprint density at radius 3 is 2.22 bits per heavy atom. The molecule has 0 fully saturated rings. The van der Waals surface area contributed by atoms with E-state index in [-0.39, 0.29) is 21.9 Å². The van der Waals surface area contributed by atoms with Crippen LogP contribution in [0.25, 0.3) is 0 Å². The molecule has 4 heteroatoms. The molecule has 0 spiro atoms. The summed E-state index contributed by atoms with van der Waals surface area (Å²) >= 11 is 5.83. The molecule has 0 aliphatic rings. The highest BCUT2D eigenvalue weighted by Gasteiger charge is 2.25. The van der Waals surface area contributed by atoms with Crippen molar-refractivity contribution < 1.29 is 13.9 Å². The number of halogens is 3. The van der Waals surface area contributed by atoms with E-state index in [4.69, 9.17) is 11.6 Å². The van der Waals surface area contributed by atoms with Gasteiger partial charge in [0.15, 0.2) is 11.6 Å². The van der Waals surface area contributed by atoms with Crippen LogP contribution in [0.4, 0.5) is 8.78 Å². The van der Waals surface area contributed by atoms with Gasteiger partial charge in [0.05, 0.1) is 6.10 Å². The lowest BCUT2D eigenvalue weighted by atomic mass is 9.78. The maximum atomic E-state index is 13.1. The molecule has 2 atom stereocenters. The highest BCUT2D eigenvalue weighted by Crippen LogP contribution is 2.35. The van der Waals surface area contributed by atoms with Crippen LogP contribution in [-0.2, 0) is 0 Å². The van der Waals surface area contributed by atoms with Crippen molar-refractivity contribution in [3.05, 3.63) is 34.4 Å². The fourth-order valence-corrected chi connectivity index (χ4v) is 1.89. The number of rotatable bonds is 3. The third-order valence-electron chi connectivity index (χ3n) is 3.45. The Labute approximate surface area is 112 Å². The minimum absolute atomic E-state index is 0.0338. The van der Waals surface area contributed by atoms with Crippen molar-refractivity contribution in [2.24, 2.45) is 11.3 Å². The molecule has 1 aromatic carbocycles. The number of hydrogen-bond donors (Lipinski definition) is 1. The maximum Gasteiger partial charge on any atom is 0.160 e. The molecule has 1 aromatic rings. The Balaban J connectivity index is 2.91. The quantitative estimate of drug-likeness (QED) is 0.792. The summed E-state index contributed by atoms with van der Waals surface area (Å²) in [5, 5.41) is 10.1. The first-order valence-electron chi connectivity index (χ1n) is 5.95. The van der Waals surface area contributed by atoms with Crippen LogP contribution < -0.4 is 0 Å². The molecule has 0 aliphatic heterocycles. The lowest BCUT2D eigenvalue weighted by Crippen LogP contribution is -2.20. The second-order valence-corrected chi connectivity index (χ2v) is 6.21. The van der Waals surface area contributed by atoms with Gasteiger partial charge in [-0.3, -0.25) is 0 Å². The van der Waals surface area contributed by atoms with Crippen molar-refractivity contribution in [3.63, 3.8) is 0 Å². The van der Waals surface area contributed by atoms with Crippen LogP contribution in [0.2, 0.25) is 5.02 Å². The minimum Gasteiger partial charge on any atom is -0.388 e. The molecule has 0 heterocycles. The summed E-state index contributed by atoms with van der Waals surface area (Å²) in [4.78, 5) is 0. The monoisotopic (exact) mass is 276 g/mol. The van der Waals surface area contributed by atoms with Crippen LogP contribution >= 0.6 is 11.6 Å². The Morgan fingerprint density at radius 1 is 1.22 bits per heavy atom. The van der Waals surface area contributed by atoms with E-state index in [1.807, 2.05) is 6.92 Å². The molecule has 0 saturated heterocycles. The van der Waals surface area contributed by atoms with Gasteiger partial charge in [0.25, 0.3) is 0 Å². The Kier molecular flexibility index (Phi) is 4.73. The van der Waals surface area contributed by atoms with Gasteiger partial charge in [-0.2, -0.15) is 0 Å². The minimum atomic E-state index is -1.00. The van der Waals surface area contributed by atoms with Gasteiger partial charge < -0.3 is 5.11 Å². The van der Waals surface area contributed by atoms with E-state index < -0.39 is 17.7 Å². The van der Waals surface area contributed by atoms with Crippen LogP contribution in [0.1, 0.15) is 45.8 Å². The summed E-state index contributed by atoms with van der Waals surface area (Å²) in [6, 6.07) is 1.87. The molecule has 2 unspecified atom stereocenters. The molecular formula is C14H19ClF2O. The van der Waals surface area contributed by atoms with Crippen molar-refractivity contribution in [1.82, 2.24) is 0 Å². The smallest absolute Gasteiger partial charge is 0.160 e. The van der Waals surface area contributed by atoms with Gasteiger partial charge in [-0.15, -0.1) is 0 Å². The van der Waals surface area contributed by atoms with Crippen LogP contribution in [0.3, 0.4) is 0 Å². The average Bonchev–Trinajstić information content (AvgIpc) is 2.21. The van der Waals surface area contributed by atoms with Crippen LogP contribution in [0, 0.1) is 23.0 Å². The molecule has 0 aromatic heterocycles. The zero-order valence-corrected chi connectivity index (χ0v) is 11.9. The molecule has 0 radical (unpaired) electrons. The van der Waals surface area contributed by atoms with Gasteiger partial charge in [-0.1, -0.05) is 39.3 Å². The third-order valence-corrected chi connectivity index (χ3v) is 3.78. The molecule has 0 amide bonds. The lowest BCUT2D eigenvalue weighted by Gasteiger charge is -2.29. The van der Waals surface area contributed by atoms with Gasteiger partial charge in [0.1, 0.15) is 0 Å². The van der Waals surface area contributed by atoms with Crippen molar-refractivity contribution in [2.75, 3.05) is 0 Å². The SMILES string of the molecule is CC(CC(O)c1cc(F)c(F)cc1Cl)C(C)(C)C. The second kappa shape index (κ2) is 5.54. The molecule has 18 heavy (non-hydrogen) atoms. The highest BCUT2D eigenvalue weighted by atomic mass is 35.5. The lowest BCUT2D eigenvalue weighted by molar-refractivity contribution is 0.110. The van der Waals surface area contributed by atoms with Gasteiger partial charge in [0.2, 0.25) is 0 Å². The van der Waals surface area contributed by atoms with Gasteiger partial charge in [-0.25, -0.2) is 8.78 Å². The van der Waals surface area contributed by atoms with Gasteiger partial charge in [-0.05, 0) is 29.9 Å². The van der Waals surface area contributed by atoms with Crippen LogP contribution in [0.5, 0.6) is 0 Å². The number of benzene rings is 1. The zero-order valence-electron chi connectivity index (χ0n) is 11.1. The second-order valence-electron chi connectivity index (χ2n) is 5.81.